The number of carboxylic acid groups (broad SMARTS) is 1. The molecule has 2 N–H and O–H groups in total. The number of aromatic amines is 1. The van der Waals surface area contributed by atoms with Gasteiger partial charge in [0.05, 0.1) is 24.2 Å². The summed E-state index contributed by atoms with van der Waals surface area (Å²) >= 11 is 0. The summed E-state index contributed by atoms with van der Waals surface area (Å²) in [6.45, 7) is 2.49. The highest BCUT2D eigenvalue weighted by Crippen LogP contribution is 2.32. The van der Waals surface area contributed by atoms with Crippen molar-refractivity contribution in [1.29, 1.82) is 0 Å². The van der Waals surface area contributed by atoms with E-state index in [9.17, 15) is 9.90 Å². The molecule has 0 spiro atoms. The number of rotatable bonds is 3. The van der Waals surface area contributed by atoms with Gasteiger partial charge >= 0.3 is 5.97 Å². The van der Waals surface area contributed by atoms with Crippen molar-refractivity contribution >= 4 is 17.0 Å². The van der Waals surface area contributed by atoms with Crippen LogP contribution in [0.5, 0.6) is 0 Å². The number of aliphatic carboxylic acids is 1. The summed E-state index contributed by atoms with van der Waals surface area (Å²) in [5, 5.41) is 9.26. The molecule has 2 aromatic rings. The van der Waals surface area contributed by atoms with Crippen molar-refractivity contribution in [3.8, 4) is 0 Å². The molecular formula is C13H14N2O3. The smallest absolute Gasteiger partial charge is 0.314 e. The Kier molecular flexibility index (Phi) is 2.38. The molecule has 1 fully saturated rings. The number of aromatic nitrogens is 2. The maximum atomic E-state index is 11.3. The second-order valence-electron chi connectivity index (χ2n) is 4.93. The van der Waals surface area contributed by atoms with E-state index in [1.54, 1.807) is 0 Å². The predicted molar refractivity (Wildman–Crippen MR) is 65.4 cm³/mol. The second kappa shape index (κ2) is 3.81. The third kappa shape index (κ3) is 1.67. The summed E-state index contributed by atoms with van der Waals surface area (Å²) in [6.07, 6.45) is 0.496. The fraction of sp³-hybridized carbons (Fsp3) is 0.385. The Hall–Kier alpha value is -1.88. The first-order valence-corrected chi connectivity index (χ1v) is 5.85. The van der Waals surface area contributed by atoms with Crippen molar-refractivity contribution in [2.24, 2.45) is 5.41 Å². The van der Waals surface area contributed by atoms with Gasteiger partial charge < -0.3 is 14.8 Å². The molecule has 0 saturated carbocycles. The maximum absolute atomic E-state index is 11.3. The third-order valence-electron chi connectivity index (χ3n) is 3.42. The van der Waals surface area contributed by atoms with Crippen LogP contribution in [0.1, 0.15) is 11.4 Å². The van der Waals surface area contributed by atoms with Crippen molar-refractivity contribution in [2.75, 3.05) is 13.2 Å². The van der Waals surface area contributed by atoms with Gasteiger partial charge in [-0.15, -0.1) is 0 Å². The van der Waals surface area contributed by atoms with Crippen LogP contribution in [-0.4, -0.2) is 34.3 Å². The topological polar surface area (TPSA) is 75.2 Å². The molecule has 0 atom stereocenters. The van der Waals surface area contributed by atoms with Gasteiger partial charge in [-0.1, -0.05) is 6.07 Å². The molecule has 5 heteroatoms. The fourth-order valence-corrected chi connectivity index (χ4v) is 2.33. The molecule has 0 aliphatic carbocycles. The van der Waals surface area contributed by atoms with E-state index < -0.39 is 11.4 Å². The summed E-state index contributed by atoms with van der Waals surface area (Å²) in [7, 11) is 0. The number of H-pyrrole nitrogens is 1. The molecular weight excluding hydrogens is 232 g/mol. The number of carboxylic acids is 1. The highest BCUT2D eigenvalue weighted by molar-refractivity contribution is 5.78. The van der Waals surface area contributed by atoms with Crippen LogP contribution >= 0.6 is 0 Å². The molecule has 1 aromatic heterocycles. The molecule has 1 aliphatic heterocycles. The van der Waals surface area contributed by atoms with Gasteiger partial charge in [-0.2, -0.15) is 0 Å². The van der Waals surface area contributed by atoms with E-state index in [1.807, 2.05) is 25.1 Å². The summed E-state index contributed by atoms with van der Waals surface area (Å²) < 4.78 is 5.06. The first kappa shape index (κ1) is 11.2. The van der Waals surface area contributed by atoms with Gasteiger partial charge in [0.25, 0.3) is 0 Å². The Labute approximate surface area is 104 Å². The quantitative estimate of drug-likeness (QED) is 0.860. The van der Waals surface area contributed by atoms with Crippen molar-refractivity contribution in [2.45, 2.75) is 13.3 Å². The molecule has 1 aromatic carbocycles. The largest absolute Gasteiger partial charge is 0.481 e. The summed E-state index contributed by atoms with van der Waals surface area (Å²) in [6, 6.07) is 5.83. The van der Waals surface area contributed by atoms with Crippen LogP contribution in [0.3, 0.4) is 0 Å². The number of nitrogens with zero attached hydrogens (tertiary/aromatic N) is 1. The van der Waals surface area contributed by atoms with Crippen LogP contribution in [0.2, 0.25) is 0 Å². The molecule has 5 nitrogen and oxygen atoms in total. The lowest BCUT2D eigenvalue weighted by Gasteiger charge is -2.37. The monoisotopic (exact) mass is 246 g/mol. The van der Waals surface area contributed by atoms with Crippen LogP contribution in [0.25, 0.3) is 11.0 Å². The first-order valence-electron chi connectivity index (χ1n) is 5.85. The Morgan fingerprint density at radius 3 is 2.94 bits per heavy atom. The van der Waals surface area contributed by atoms with Crippen LogP contribution in [-0.2, 0) is 16.0 Å². The lowest BCUT2D eigenvalue weighted by atomic mass is 9.80. The Balaban J connectivity index is 1.92. The molecule has 0 unspecified atom stereocenters. The van der Waals surface area contributed by atoms with E-state index in [4.69, 9.17) is 4.74 Å². The van der Waals surface area contributed by atoms with E-state index in [0.717, 1.165) is 22.4 Å². The average Bonchev–Trinajstić information content (AvgIpc) is 2.62. The van der Waals surface area contributed by atoms with Crippen LogP contribution < -0.4 is 0 Å². The number of ether oxygens (including phenoxy) is 1. The van der Waals surface area contributed by atoms with Gasteiger partial charge in [0.1, 0.15) is 11.2 Å². The standard InChI is InChI=1S/C13H14N2O3/c1-8-14-10-3-2-9(4-11(10)15-8)5-13(12(16)17)6-18-7-13/h2-4H,5-7H2,1H3,(H,14,15)(H,16,17). The molecule has 18 heavy (non-hydrogen) atoms. The van der Waals surface area contributed by atoms with E-state index >= 15 is 0 Å². The number of fused-ring (bicyclic) bond motifs is 1. The zero-order valence-corrected chi connectivity index (χ0v) is 10.1. The lowest BCUT2D eigenvalue weighted by molar-refractivity contribution is -0.179. The molecule has 3 rings (SSSR count). The molecule has 1 saturated heterocycles. The Bertz CT molecular complexity index is 614. The van der Waals surface area contributed by atoms with E-state index in [1.165, 1.54) is 0 Å². The lowest BCUT2D eigenvalue weighted by Crippen LogP contribution is -2.50. The van der Waals surface area contributed by atoms with Gasteiger partial charge in [0, 0.05) is 0 Å². The zero-order chi connectivity index (χ0) is 12.8. The Morgan fingerprint density at radius 1 is 1.56 bits per heavy atom. The highest BCUT2D eigenvalue weighted by Gasteiger charge is 2.46. The normalized spacial score (nSPS) is 17.6. The average molecular weight is 246 g/mol. The number of hydrogen-bond donors (Lipinski definition) is 2. The van der Waals surface area contributed by atoms with Crippen molar-refractivity contribution < 1.29 is 14.6 Å². The minimum atomic E-state index is -0.783. The number of imidazole rings is 1. The number of aryl methyl sites for hydroxylation is 1. The Morgan fingerprint density at radius 2 is 2.33 bits per heavy atom. The summed E-state index contributed by atoms with van der Waals surface area (Å²) in [5.74, 6) is 0.0803. The minimum Gasteiger partial charge on any atom is -0.481 e. The van der Waals surface area contributed by atoms with Crippen LogP contribution in [0.15, 0.2) is 18.2 Å². The minimum absolute atomic E-state index is 0.294. The highest BCUT2D eigenvalue weighted by atomic mass is 16.5. The van der Waals surface area contributed by atoms with Gasteiger partial charge in [-0.3, -0.25) is 4.79 Å². The molecule has 94 valence electrons. The molecule has 2 heterocycles. The SMILES string of the molecule is Cc1nc2ccc(CC3(C(=O)O)COC3)cc2[nH]1. The number of carbonyl (C=O) groups is 1. The van der Waals surface area contributed by atoms with E-state index in [2.05, 4.69) is 9.97 Å². The predicted octanol–water partition coefficient (Wildman–Crippen LogP) is 1.52. The van der Waals surface area contributed by atoms with E-state index in [-0.39, 0.29) is 0 Å². The number of hydrogen-bond acceptors (Lipinski definition) is 3. The van der Waals surface area contributed by atoms with Gasteiger partial charge in [-0.25, -0.2) is 4.98 Å². The van der Waals surface area contributed by atoms with E-state index in [0.29, 0.717) is 19.6 Å². The third-order valence-corrected chi connectivity index (χ3v) is 3.42. The first-order chi connectivity index (χ1) is 8.59. The van der Waals surface area contributed by atoms with Crippen LogP contribution in [0, 0.1) is 12.3 Å². The summed E-state index contributed by atoms with van der Waals surface area (Å²) in [5.41, 5.74) is 2.11. The molecule has 0 bridgehead atoms. The fourth-order valence-electron chi connectivity index (χ4n) is 2.33. The number of nitrogens with one attached hydrogen (secondary N) is 1. The number of benzene rings is 1. The van der Waals surface area contributed by atoms with Gasteiger partial charge in [0.15, 0.2) is 0 Å². The zero-order valence-electron chi connectivity index (χ0n) is 10.1. The van der Waals surface area contributed by atoms with Crippen molar-refractivity contribution in [1.82, 2.24) is 9.97 Å². The summed E-state index contributed by atoms with van der Waals surface area (Å²) in [4.78, 5) is 18.8. The second-order valence-corrected chi connectivity index (χ2v) is 4.93. The van der Waals surface area contributed by atoms with Gasteiger partial charge in [-0.05, 0) is 31.0 Å². The van der Waals surface area contributed by atoms with Crippen molar-refractivity contribution in [3.05, 3.63) is 29.6 Å². The molecule has 1 aliphatic rings. The molecule has 0 amide bonds. The van der Waals surface area contributed by atoms with Crippen molar-refractivity contribution in [3.63, 3.8) is 0 Å². The maximum Gasteiger partial charge on any atom is 0.314 e. The molecule has 0 radical (unpaired) electrons. The van der Waals surface area contributed by atoms with Gasteiger partial charge in [0.2, 0.25) is 0 Å². The van der Waals surface area contributed by atoms with Crippen LogP contribution in [0.4, 0.5) is 0 Å².